The van der Waals surface area contributed by atoms with Crippen LogP contribution in [0.3, 0.4) is 0 Å². The SMILES string of the molecule is CC1(C)OC2CCOC(COc3ncccn3)C2O1. The molecule has 2 aliphatic rings. The van der Waals surface area contributed by atoms with Crippen molar-refractivity contribution in [3.63, 3.8) is 0 Å². The zero-order chi connectivity index (χ0) is 13.3. The summed E-state index contributed by atoms with van der Waals surface area (Å²) in [5.41, 5.74) is 0. The average Bonchev–Trinajstić information content (AvgIpc) is 2.72. The minimum atomic E-state index is -0.551. The molecule has 3 unspecified atom stereocenters. The quantitative estimate of drug-likeness (QED) is 0.818. The third kappa shape index (κ3) is 2.86. The van der Waals surface area contributed by atoms with Crippen LogP contribution in [0.2, 0.25) is 0 Å². The van der Waals surface area contributed by atoms with Gasteiger partial charge in [-0.15, -0.1) is 0 Å². The van der Waals surface area contributed by atoms with E-state index in [2.05, 4.69) is 9.97 Å². The summed E-state index contributed by atoms with van der Waals surface area (Å²) < 4.78 is 23.0. The van der Waals surface area contributed by atoms with Crippen LogP contribution in [0.25, 0.3) is 0 Å². The Labute approximate surface area is 112 Å². The van der Waals surface area contributed by atoms with E-state index in [1.54, 1.807) is 18.5 Å². The monoisotopic (exact) mass is 266 g/mol. The Bertz CT molecular complexity index is 426. The van der Waals surface area contributed by atoms with Crippen molar-refractivity contribution in [2.75, 3.05) is 13.2 Å². The van der Waals surface area contributed by atoms with E-state index in [0.29, 0.717) is 19.2 Å². The molecule has 0 aromatic carbocycles. The fraction of sp³-hybridized carbons (Fsp3) is 0.692. The molecule has 2 fully saturated rings. The molecule has 0 bridgehead atoms. The summed E-state index contributed by atoms with van der Waals surface area (Å²) in [4.78, 5) is 8.03. The van der Waals surface area contributed by atoms with Crippen LogP contribution in [0.15, 0.2) is 18.5 Å². The van der Waals surface area contributed by atoms with Crippen LogP contribution in [0.1, 0.15) is 20.3 Å². The molecule has 6 heteroatoms. The lowest BCUT2D eigenvalue weighted by atomic mass is 10.0. The Morgan fingerprint density at radius 1 is 1.32 bits per heavy atom. The molecule has 3 rings (SSSR count). The van der Waals surface area contributed by atoms with E-state index in [9.17, 15) is 0 Å². The van der Waals surface area contributed by atoms with Gasteiger partial charge < -0.3 is 18.9 Å². The van der Waals surface area contributed by atoms with E-state index < -0.39 is 5.79 Å². The maximum absolute atomic E-state index is 5.89. The zero-order valence-electron chi connectivity index (χ0n) is 11.1. The standard InChI is InChI=1S/C13H18N2O4/c1-13(2)18-9-4-7-16-10(11(9)19-13)8-17-12-14-5-3-6-15-12/h3,5-6,9-11H,4,7-8H2,1-2H3. The Balaban J connectivity index is 1.61. The van der Waals surface area contributed by atoms with Crippen molar-refractivity contribution in [1.82, 2.24) is 9.97 Å². The van der Waals surface area contributed by atoms with Gasteiger partial charge in [-0.05, 0) is 26.3 Å². The highest BCUT2D eigenvalue weighted by molar-refractivity contribution is 4.95. The molecule has 0 amide bonds. The molecule has 6 nitrogen and oxygen atoms in total. The molecule has 2 saturated heterocycles. The predicted octanol–water partition coefficient (Wildman–Crippen LogP) is 1.16. The van der Waals surface area contributed by atoms with Crippen LogP contribution in [0, 0.1) is 0 Å². The largest absolute Gasteiger partial charge is 0.461 e. The molecule has 1 aromatic rings. The van der Waals surface area contributed by atoms with Gasteiger partial charge >= 0.3 is 6.01 Å². The molecular weight excluding hydrogens is 248 g/mol. The fourth-order valence-corrected chi connectivity index (χ4v) is 2.49. The molecule has 3 heterocycles. The first-order valence-corrected chi connectivity index (χ1v) is 6.51. The Morgan fingerprint density at radius 2 is 2.11 bits per heavy atom. The minimum Gasteiger partial charge on any atom is -0.461 e. The number of aromatic nitrogens is 2. The molecule has 0 spiro atoms. The van der Waals surface area contributed by atoms with Gasteiger partial charge in [0.2, 0.25) is 0 Å². The van der Waals surface area contributed by atoms with Gasteiger partial charge in [0.1, 0.15) is 18.8 Å². The maximum atomic E-state index is 5.89. The summed E-state index contributed by atoms with van der Waals surface area (Å²) in [6.07, 6.45) is 3.98. The molecule has 0 radical (unpaired) electrons. The van der Waals surface area contributed by atoms with E-state index in [-0.39, 0.29) is 18.3 Å². The third-order valence-corrected chi connectivity index (χ3v) is 3.24. The normalized spacial score (nSPS) is 32.8. The first-order chi connectivity index (χ1) is 9.14. The van der Waals surface area contributed by atoms with Crippen molar-refractivity contribution in [2.45, 2.75) is 44.4 Å². The summed E-state index contributed by atoms with van der Waals surface area (Å²) in [6, 6.07) is 2.10. The lowest BCUT2D eigenvalue weighted by Gasteiger charge is -2.30. The summed E-state index contributed by atoms with van der Waals surface area (Å²) in [5, 5.41) is 0. The highest BCUT2D eigenvalue weighted by Crippen LogP contribution is 2.35. The first kappa shape index (κ1) is 12.8. The third-order valence-electron chi connectivity index (χ3n) is 3.24. The van der Waals surface area contributed by atoms with Gasteiger partial charge in [0, 0.05) is 19.0 Å². The van der Waals surface area contributed by atoms with E-state index in [0.717, 1.165) is 6.42 Å². The number of hydrogen-bond acceptors (Lipinski definition) is 6. The van der Waals surface area contributed by atoms with Crippen LogP contribution >= 0.6 is 0 Å². The lowest BCUT2D eigenvalue weighted by molar-refractivity contribution is -0.156. The van der Waals surface area contributed by atoms with Crippen LogP contribution in [0.5, 0.6) is 6.01 Å². The molecule has 1 aromatic heterocycles. The van der Waals surface area contributed by atoms with Crippen LogP contribution < -0.4 is 4.74 Å². The average molecular weight is 266 g/mol. The Hall–Kier alpha value is -1.24. The van der Waals surface area contributed by atoms with E-state index in [4.69, 9.17) is 18.9 Å². The van der Waals surface area contributed by atoms with Gasteiger partial charge in [0.25, 0.3) is 0 Å². The van der Waals surface area contributed by atoms with Crippen LogP contribution in [-0.4, -0.2) is 47.3 Å². The van der Waals surface area contributed by atoms with Crippen molar-refractivity contribution in [3.05, 3.63) is 18.5 Å². The van der Waals surface area contributed by atoms with E-state index >= 15 is 0 Å². The number of ether oxygens (including phenoxy) is 4. The Morgan fingerprint density at radius 3 is 2.89 bits per heavy atom. The second kappa shape index (κ2) is 5.03. The van der Waals surface area contributed by atoms with E-state index in [1.165, 1.54) is 0 Å². The molecule has 3 atom stereocenters. The number of nitrogens with zero attached hydrogens (tertiary/aromatic N) is 2. The van der Waals surface area contributed by atoms with Gasteiger partial charge in [-0.25, -0.2) is 9.97 Å². The number of hydrogen-bond donors (Lipinski definition) is 0. The summed E-state index contributed by atoms with van der Waals surface area (Å²) in [5.74, 6) is -0.551. The fourth-order valence-electron chi connectivity index (χ4n) is 2.49. The number of fused-ring (bicyclic) bond motifs is 1. The van der Waals surface area contributed by atoms with Crippen molar-refractivity contribution < 1.29 is 18.9 Å². The molecule has 19 heavy (non-hydrogen) atoms. The summed E-state index contributed by atoms with van der Waals surface area (Å²) in [7, 11) is 0. The topological polar surface area (TPSA) is 62.7 Å². The maximum Gasteiger partial charge on any atom is 0.316 e. The second-order valence-corrected chi connectivity index (χ2v) is 5.18. The van der Waals surface area contributed by atoms with Gasteiger partial charge in [-0.2, -0.15) is 0 Å². The van der Waals surface area contributed by atoms with Crippen molar-refractivity contribution >= 4 is 0 Å². The van der Waals surface area contributed by atoms with Crippen molar-refractivity contribution in [1.29, 1.82) is 0 Å². The molecule has 0 N–H and O–H groups in total. The minimum absolute atomic E-state index is 0.0778. The zero-order valence-corrected chi connectivity index (χ0v) is 11.1. The predicted molar refractivity (Wildman–Crippen MR) is 65.7 cm³/mol. The smallest absolute Gasteiger partial charge is 0.316 e. The lowest BCUT2D eigenvalue weighted by Crippen LogP contribution is -2.45. The van der Waals surface area contributed by atoms with Gasteiger partial charge in [0.15, 0.2) is 5.79 Å². The molecule has 0 aliphatic carbocycles. The van der Waals surface area contributed by atoms with Gasteiger partial charge in [-0.3, -0.25) is 0 Å². The second-order valence-electron chi connectivity index (χ2n) is 5.18. The van der Waals surface area contributed by atoms with Gasteiger partial charge in [-0.1, -0.05) is 0 Å². The first-order valence-electron chi connectivity index (χ1n) is 6.51. The Kier molecular flexibility index (Phi) is 3.38. The summed E-state index contributed by atoms with van der Waals surface area (Å²) in [6.45, 7) is 4.86. The van der Waals surface area contributed by atoms with E-state index in [1.807, 2.05) is 13.8 Å². The van der Waals surface area contributed by atoms with Crippen molar-refractivity contribution in [2.24, 2.45) is 0 Å². The van der Waals surface area contributed by atoms with Gasteiger partial charge in [0.05, 0.1) is 6.10 Å². The molecule has 2 aliphatic heterocycles. The van der Waals surface area contributed by atoms with Crippen LogP contribution in [-0.2, 0) is 14.2 Å². The van der Waals surface area contributed by atoms with Crippen LogP contribution in [0.4, 0.5) is 0 Å². The van der Waals surface area contributed by atoms with Crippen molar-refractivity contribution in [3.8, 4) is 6.01 Å². The highest BCUT2D eigenvalue weighted by atomic mass is 16.8. The molecule has 0 saturated carbocycles. The molecule has 104 valence electrons. The molecular formula is C13H18N2O4. The summed E-state index contributed by atoms with van der Waals surface area (Å²) >= 11 is 0. The number of rotatable bonds is 3. The highest BCUT2D eigenvalue weighted by Gasteiger charge is 2.47.